The maximum atomic E-state index is 9.65. The Hall–Kier alpha value is 0.700. The summed E-state index contributed by atoms with van der Waals surface area (Å²) in [5.41, 5.74) is 9.34. The molecule has 0 fully saturated rings. The van der Waals surface area contributed by atoms with Crippen molar-refractivity contribution in [3.8, 4) is 0 Å². The molecular weight excluding hydrogens is 419 g/mol. The summed E-state index contributed by atoms with van der Waals surface area (Å²) in [6.45, 7) is 4.54. The van der Waals surface area contributed by atoms with E-state index >= 15 is 0 Å². The molecule has 0 bridgehead atoms. The van der Waals surface area contributed by atoms with Crippen molar-refractivity contribution in [1.29, 1.82) is 0 Å². The fraction of sp³-hybridized carbons (Fsp3) is 1.00. The second-order valence-electron chi connectivity index (χ2n) is 6.58. The molecule has 166 valence electrons. The zero-order valence-electron chi connectivity index (χ0n) is 17.8. The number of hydrogen-bond donors (Lipinski definition) is 2. The first kappa shape index (κ1) is 36.1. The predicted octanol–water partition coefficient (Wildman–Crippen LogP) is 2.05. The summed E-state index contributed by atoms with van der Waals surface area (Å²) in [4.78, 5) is 0. The molecule has 0 heterocycles. The second kappa shape index (κ2) is 22.4. The van der Waals surface area contributed by atoms with E-state index in [0.29, 0.717) is 0 Å². The van der Waals surface area contributed by atoms with Crippen molar-refractivity contribution in [2.24, 2.45) is 11.5 Å². The molecular formula is C16H37N2NaO7S2. The fourth-order valence-electron chi connectivity index (χ4n) is 1.74. The summed E-state index contributed by atoms with van der Waals surface area (Å²) in [6, 6.07) is 0. The van der Waals surface area contributed by atoms with Crippen molar-refractivity contribution in [3.05, 3.63) is 0 Å². The second-order valence-corrected chi connectivity index (χ2v) is 11.0. The van der Waals surface area contributed by atoms with Crippen LogP contribution in [0.3, 0.4) is 0 Å². The molecule has 0 spiro atoms. The molecule has 0 aromatic rings. The van der Waals surface area contributed by atoms with Gasteiger partial charge in [0, 0.05) is 0 Å². The van der Waals surface area contributed by atoms with E-state index in [2.05, 4.69) is 18.4 Å². The summed E-state index contributed by atoms with van der Waals surface area (Å²) < 4.78 is 59.4. The minimum absolute atomic E-state index is 0. The average molecular weight is 457 g/mol. The van der Waals surface area contributed by atoms with E-state index in [1.54, 1.807) is 0 Å². The first-order valence-corrected chi connectivity index (χ1v) is 14.1. The topological polar surface area (TPSA) is 195 Å². The van der Waals surface area contributed by atoms with Crippen LogP contribution in [0.4, 0.5) is 0 Å². The zero-order chi connectivity index (χ0) is 21.9. The van der Waals surface area contributed by atoms with Crippen LogP contribution in [0, 0.1) is 0 Å². The zero-order valence-corrected chi connectivity index (χ0v) is 21.4. The van der Waals surface area contributed by atoms with Crippen molar-refractivity contribution in [3.63, 3.8) is 0 Å². The first-order chi connectivity index (χ1) is 12.3. The standard InChI is InChI=1S/C12H25.2C2H7NO3S.Na.O/c1-3-5-7-9-11-12-10-8-6-4-2;2*1-2(3)7(4,5)6;;/h1,3-12H2,2H3;2*2H,3H2,1H3,(H,4,5,6);;/q;;;;+2/p-2. The van der Waals surface area contributed by atoms with Crippen molar-refractivity contribution in [1.82, 2.24) is 0 Å². The minimum atomic E-state index is -4.21. The molecule has 2 atom stereocenters. The van der Waals surface area contributed by atoms with Gasteiger partial charge >= 0.3 is 108 Å². The monoisotopic (exact) mass is 456 g/mol. The molecule has 0 aromatic carbocycles. The Morgan fingerprint density at radius 3 is 1.11 bits per heavy atom. The molecule has 28 heavy (non-hydrogen) atoms. The van der Waals surface area contributed by atoms with E-state index < -0.39 is 31.0 Å². The fourth-order valence-corrected chi connectivity index (χ4v) is 2.24. The van der Waals surface area contributed by atoms with Crippen LogP contribution in [0.2, 0.25) is 3.67 Å². The molecule has 4 radical (unpaired) electrons. The van der Waals surface area contributed by atoms with Gasteiger partial charge in [-0.05, 0) is 13.8 Å². The smallest absolute Gasteiger partial charge is 2.00 e. The quantitative estimate of drug-likeness (QED) is 0.253. The summed E-state index contributed by atoms with van der Waals surface area (Å²) in [5.74, 6) is 0. The molecule has 9 nitrogen and oxygen atoms in total. The van der Waals surface area contributed by atoms with E-state index in [0.717, 1.165) is 13.8 Å². The minimum Gasteiger partial charge on any atom is 2.00 e. The van der Waals surface area contributed by atoms with E-state index in [4.69, 9.17) is 0 Å². The van der Waals surface area contributed by atoms with Crippen LogP contribution in [-0.4, -0.2) is 64.6 Å². The van der Waals surface area contributed by atoms with Gasteiger partial charge in [-0.1, -0.05) is 0 Å². The van der Waals surface area contributed by atoms with Crippen LogP contribution in [-0.2, 0) is 25.7 Å². The van der Waals surface area contributed by atoms with Gasteiger partial charge in [-0.15, -0.1) is 0 Å². The number of unbranched alkanes of at least 4 members (excludes halogenated alkanes) is 9. The molecule has 0 rings (SSSR count). The van der Waals surface area contributed by atoms with Crippen molar-refractivity contribution < 1.29 is 31.4 Å². The Bertz CT molecular complexity index is 467. The molecule has 2 unspecified atom stereocenters. The summed E-state index contributed by atoms with van der Waals surface area (Å²) in [7, 11) is -8.43. The predicted molar refractivity (Wildman–Crippen MR) is 110 cm³/mol. The number of nitrogens with two attached hydrogens (primary N) is 2. The maximum Gasteiger partial charge on any atom is 2.00 e. The molecule has 0 aliphatic rings. The number of hydrogen-bond acceptors (Lipinski definition) is 8. The average Bonchev–Trinajstić information content (AvgIpc) is 2.53. The van der Waals surface area contributed by atoms with Gasteiger partial charge in [0.2, 0.25) is 0 Å². The Morgan fingerprint density at radius 2 is 0.929 bits per heavy atom. The van der Waals surface area contributed by atoms with Gasteiger partial charge in [0.1, 0.15) is 20.2 Å². The molecule has 12 heteroatoms. The van der Waals surface area contributed by atoms with Gasteiger partial charge in [-0.25, -0.2) is 16.8 Å². The molecule has 0 aromatic heterocycles. The summed E-state index contributed by atoms with van der Waals surface area (Å²) in [5, 5.41) is -2.57. The van der Waals surface area contributed by atoms with Crippen LogP contribution in [0.25, 0.3) is 0 Å². The van der Waals surface area contributed by atoms with Crippen molar-refractivity contribution in [2.75, 3.05) is 0 Å². The van der Waals surface area contributed by atoms with E-state index in [-0.39, 0.29) is 5.48 Å². The molecule has 0 aliphatic carbocycles. The van der Waals surface area contributed by atoms with Crippen LogP contribution in [0.1, 0.15) is 85.0 Å². The Labute approximate surface area is 189 Å². The summed E-state index contributed by atoms with van der Waals surface area (Å²) >= 11 is 1.41. The molecule has 4 N–H and O–H groups in total. The number of rotatable bonds is 12. The van der Waals surface area contributed by atoms with Gasteiger partial charge in [0.05, 0.1) is 10.7 Å². The largest absolute Gasteiger partial charge is 2.00 e. The van der Waals surface area contributed by atoms with Gasteiger partial charge in [-0.2, -0.15) is 0 Å². The Kier molecular flexibility index (Phi) is 28.9. The maximum absolute atomic E-state index is 9.65. The molecule has 0 amide bonds. The SMILES string of the molecule is CC(N)S(=O)(=O)[O-].CC(N)S(=O)(=O)[O-].CCCCCCCCCCC[CH2][Na].[O+2]. The van der Waals surface area contributed by atoms with E-state index in [1.807, 2.05) is 0 Å². The third-order valence-corrected chi connectivity index (χ3v) is 6.15. The van der Waals surface area contributed by atoms with Gasteiger partial charge < -0.3 is 20.6 Å². The molecule has 0 aliphatic heterocycles. The van der Waals surface area contributed by atoms with Crippen molar-refractivity contribution >= 4 is 48.2 Å². The molecule has 0 saturated carbocycles. The Morgan fingerprint density at radius 1 is 0.714 bits per heavy atom. The third kappa shape index (κ3) is 34.2. The van der Waals surface area contributed by atoms with Crippen LogP contribution in [0.5, 0.6) is 0 Å². The molecule has 0 saturated heterocycles. The summed E-state index contributed by atoms with van der Waals surface area (Å²) in [6.07, 6.45) is 14.7. The van der Waals surface area contributed by atoms with Gasteiger partial charge in [-0.3, -0.25) is 0 Å². The van der Waals surface area contributed by atoms with E-state index in [1.165, 1.54) is 95.8 Å². The van der Waals surface area contributed by atoms with E-state index in [9.17, 15) is 25.9 Å². The Balaban J connectivity index is -0.000000165. The van der Waals surface area contributed by atoms with Crippen LogP contribution >= 0.6 is 0 Å². The first-order valence-electron chi connectivity index (χ1n) is 9.71. The third-order valence-electron chi connectivity index (χ3n) is 3.62. The van der Waals surface area contributed by atoms with Crippen LogP contribution < -0.4 is 11.5 Å². The normalized spacial score (nSPS) is 13.2. The van der Waals surface area contributed by atoms with Gasteiger partial charge in [0.25, 0.3) is 0 Å². The van der Waals surface area contributed by atoms with Crippen LogP contribution in [0.15, 0.2) is 0 Å². The van der Waals surface area contributed by atoms with Crippen molar-refractivity contribution in [2.45, 2.75) is 99.4 Å². The van der Waals surface area contributed by atoms with Gasteiger partial charge in [0.15, 0.2) is 0 Å².